The maximum Gasteiger partial charge on any atom is 0.416 e. The highest BCUT2D eigenvalue weighted by atomic mass is 19.4. The van der Waals surface area contributed by atoms with Crippen LogP contribution in [0.15, 0.2) is 24.3 Å². The first-order chi connectivity index (χ1) is 24.3. The molecule has 0 saturated carbocycles. The predicted molar refractivity (Wildman–Crippen MR) is 187 cm³/mol. The standard InChI is InChI=1S/C36H55F3N6O7/c1-22(2)17-26(31(47)35(5)21-52-35)41-33(49)28(19-24-7-9-25(10-8-24)36(37,38)39)42-32(48)27(18-23(3)4)43-34(50)29(11-12-40)44(6)30(46)20-45-13-15-51-16-14-45/h7-10,22-23,26-29H,11-21,40H2,1-6H3,(H,41,49)(H,42,48)(H,43,50)/t26-,27-,28-,29-,35+/m0/s1. The van der Waals surface area contributed by atoms with Crippen LogP contribution in [0.5, 0.6) is 0 Å². The molecule has 52 heavy (non-hydrogen) atoms. The van der Waals surface area contributed by atoms with E-state index < -0.39 is 59.2 Å². The summed E-state index contributed by atoms with van der Waals surface area (Å²) >= 11 is 0. The van der Waals surface area contributed by atoms with Gasteiger partial charge in [0.05, 0.1) is 38.0 Å². The molecule has 1 aromatic carbocycles. The fourth-order valence-electron chi connectivity index (χ4n) is 6.01. The first kappa shape index (κ1) is 42.8. The number of ketones is 1. The Morgan fingerprint density at radius 1 is 0.885 bits per heavy atom. The highest BCUT2D eigenvalue weighted by Gasteiger charge is 2.50. The van der Waals surface area contributed by atoms with Crippen LogP contribution in [0.2, 0.25) is 0 Å². The number of rotatable bonds is 19. The second-order valence-electron chi connectivity index (χ2n) is 14.7. The number of morpholine rings is 1. The molecule has 2 heterocycles. The Bertz CT molecular complexity index is 1380. The first-order valence-electron chi connectivity index (χ1n) is 17.9. The average Bonchev–Trinajstić information content (AvgIpc) is 3.83. The summed E-state index contributed by atoms with van der Waals surface area (Å²) in [6.07, 6.45) is -4.20. The number of hydrogen-bond acceptors (Lipinski definition) is 9. The van der Waals surface area contributed by atoms with Crippen molar-refractivity contribution in [2.24, 2.45) is 17.6 Å². The van der Waals surface area contributed by atoms with Crippen molar-refractivity contribution in [1.29, 1.82) is 0 Å². The number of Topliss-reactive ketones (excluding diaryl/α,β-unsaturated/α-hetero) is 1. The Labute approximate surface area is 303 Å². The molecule has 16 heteroatoms. The molecule has 13 nitrogen and oxygen atoms in total. The van der Waals surface area contributed by atoms with Crippen molar-refractivity contribution in [3.63, 3.8) is 0 Å². The molecule has 3 rings (SSSR count). The topological polar surface area (TPSA) is 176 Å². The van der Waals surface area contributed by atoms with Gasteiger partial charge >= 0.3 is 6.18 Å². The molecule has 2 aliphatic heterocycles. The lowest BCUT2D eigenvalue weighted by molar-refractivity contribution is -0.141. The summed E-state index contributed by atoms with van der Waals surface area (Å²) in [7, 11) is 1.51. The Kier molecular flexibility index (Phi) is 15.6. The van der Waals surface area contributed by atoms with E-state index in [1.807, 2.05) is 32.6 Å². The number of ether oxygens (including phenoxy) is 2. The highest BCUT2D eigenvalue weighted by Crippen LogP contribution is 2.30. The molecule has 0 radical (unpaired) electrons. The Hall–Kier alpha value is -3.60. The number of carbonyl (C=O) groups excluding carboxylic acids is 5. The summed E-state index contributed by atoms with van der Waals surface area (Å²) in [5.41, 5.74) is 4.24. The fraction of sp³-hybridized carbons (Fsp3) is 0.694. The normalized spacial score (nSPS) is 20.1. The fourth-order valence-corrected chi connectivity index (χ4v) is 6.01. The zero-order valence-electron chi connectivity index (χ0n) is 31.0. The van der Waals surface area contributed by atoms with E-state index in [1.54, 1.807) is 6.92 Å². The van der Waals surface area contributed by atoms with Crippen molar-refractivity contribution < 1.29 is 46.6 Å². The van der Waals surface area contributed by atoms with Crippen molar-refractivity contribution >= 4 is 29.4 Å². The highest BCUT2D eigenvalue weighted by molar-refractivity contribution is 5.98. The minimum Gasteiger partial charge on any atom is -0.379 e. The molecule has 2 saturated heterocycles. The number of nitrogens with zero attached hydrogens (tertiary/aromatic N) is 2. The van der Waals surface area contributed by atoms with Gasteiger partial charge in [-0.05, 0) is 62.3 Å². The quantitative estimate of drug-likeness (QED) is 0.154. The van der Waals surface area contributed by atoms with Crippen LogP contribution in [0.4, 0.5) is 13.2 Å². The van der Waals surface area contributed by atoms with Crippen molar-refractivity contribution in [3.8, 4) is 0 Å². The van der Waals surface area contributed by atoms with Crippen LogP contribution in [0.25, 0.3) is 0 Å². The van der Waals surface area contributed by atoms with E-state index in [1.165, 1.54) is 24.1 Å². The predicted octanol–water partition coefficient (Wildman–Crippen LogP) is 1.66. The van der Waals surface area contributed by atoms with Gasteiger partial charge in [-0.2, -0.15) is 13.2 Å². The SMILES string of the molecule is CC(C)C[C@H](NC(=O)[C@H](CCN)N(C)C(=O)CN1CCOCC1)C(=O)N[C@@H](Cc1ccc(C(F)(F)F)cc1)C(=O)N[C@@H](CC(C)C)C(=O)[C@@]1(C)CO1. The van der Waals surface area contributed by atoms with E-state index >= 15 is 0 Å². The second kappa shape index (κ2) is 18.9. The average molecular weight is 741 g/mol. The lowest BCUT2D eigenvalue weighted by atomic mass is 9.93. The summed E-state index contributed by atoms with van der Waals surface area (Å²) < 4.78 is 50.5. The van der Waals surface area contributed by atoms with Crippen LogP contribution in [0.3, 0.4) is 0 Å². The van der Waals surface area contributed by atoms with Crippen molar-refractivity contribution in [2.45, 2.75) is 96.2 Å². The summed E-state index contributed by atoms with van der Waals surface area (Å²) in [5, 5.41) is 8.20. The Morgan fingerprint density at radius 2 is 1.40 bits per heavy atom. The summed E-state index contributed by atoms with van der Waals surface area (Å²) in [6.45, 7) is 11.6. The minimum atomic E-state index is -4.57. The molecular weight excluding hydrogens is 685 g/mol. The number of amides is 4. The van der Waals surface area contributed by atoms with E-state index in [-0.39, 0.29) is 68.9 Å². The number of halogens is 3. The van der Waals surface area contributed by atoms with Crippen LogP contribution < -0.4 is 21.7 Å². The third-order valence-electron chi connectivity index (χ3n) is 9.20. The molecule has 5 N–H and O–H groups in total. The number of epoxide rings is 1. The van der Waals surface area contributed by atoms with Gasteiger partial charge in [0.15, 0.2) is 5.78 Å². The summed E-state index contributed by atoms with van der Waals surface area (Å²) in [4.78, 5) is 71.3. The molecule has 0 aliphatic carbocycles. The van der Waals surface area contributed by atoms with Gasteiger partial charge in [0.1, 0.15) is 23.7 Å². The third kappa shape index (κ3) is 12.8. The van der Waals surface area contributed by atoms with E-state index in [9.17, 15) is 37.1 Å². The lowest BCUT2D eigenvalue weighted by Gasteiger charge is -2.32. The number of carbonyl (C=O) groups is 5. The van der Waals surface area contributed by atoms with Gasteiger partial charge in [0, 0.05) is 26.6 Å². The van der Waals surface area contributed by atoms with Gasteiger partial charge in [-0.25, -0.2) is 0 Å². The molecule has 2 fully saturated rings. The number of likely N-dealkylation sites (N-methyl/N-ethyl adjacent to an activating group) is 1. The smallest absolute Gasteiger partial charge is 0.379 e. The van der Waals surface area contributed by atoms with Crippen LogP contribution in [0, 0.1) is 11.8 Å². The van der Waals surface area contributed by atoms with Crippen molar-refractivity contribution in [3.05, 3.63) is 35.4 Å². The number of alkyl halides is 3. The molecule has 0 spiro atoms. The summed E-state index contributed by atoms with van der Waals surface area (Å²) in [6, 6.07) is -0.188. The molecule has 292 valence electrons. The molecule has 0 bridgehead atoms. The first-order valence-corrected chi connectivity index (χ1v) is 17.9. The van der Waals surface area contributed by atoms with Crippen LogP contribution in [-0.4, -0.2) is 122 Å². The van der Waals surface area contributed by atoms with Gasteiger partial charge < -0.3 is 36.1 Å². The van der Waals surface area contributed by atoms with Crippen LogP contribution >= 0.6 is 0 Å². The van der Waals surface area contributed by atoms with Gasteiger partial charge in [0.2, 0.25) is 23.6 Å². The van der Waals surface area contributed by atoms with E-state index in [0.717, 1.165) is 12.1 Å². The van der Waals surface area contributed by atoms with Crippen LogP contribution in [0.1, 0.15) is 65.0 Å². The lowest BCUT2D eigenvalue weighted by Crippen LogP contribution is -2.59. The van der Waals surface area contributed by atoms with Crippen molar-refractivity contribution in [2.75, 3.05) is 53.0 Å². The molecule has 0 aromatic heterocycles. The molecule has 0 unspecified atom stereocenters. The Morgan fingerprint density at radius 3 is 1.92 bits per heavy atom. The maximum atomic E-state index is 14.0. The molecule has 2 aliphatic rings. The third-order valence-corrected chi connectivity index (χ3v) is 9.20. The largest absolute Gasteiger partial charge is 0.416 e. The molecular formula is C36H55F3N6O7. The van der Waals surface area contributed by atoms with E-state index in [0.29, 0.717) is 31.9 Å². The van der Waals surface area contributed by atoms with Gasteiger partial charge in [-0.15, -0.1) is 0 Å². The van der Waals surface area contributed by atoms with Crippen molar-refractivity contribution in [1.82, 2.24) is 25.8 Å². The number of nitrogens with one attached hydrogen (secondary N) is 3. The Balaban J connectivity index is 1.85. The molecule has 1 aromatic rings. The zero-order chi connectivity index (χ0) is 38.8. The van der Waals surface area contributed by atoms with Gasteiger partial charge in [0.25, 0.3) is 0 Å². The zero-order valence-corrected chi connectivity index (χ0v) is 31.0. The molecule has 4 amide bonds. The minimum absolute atomic E-state index is 0.00513. The number of nitrogens with two attached hydrogens (primary N) is 1. The maximum absolute atomic E-state index is 14.0. The van der Waals surface area contributed by atoms with Crippen LogP contribution in [-0.2, 0) is 46.0 Å². The summed E-state index contributed by atoms with van der Waals surface area (Å²) in [5.74, 6) is -2.76. The van der Waals surface area contributed by atoms with E-state index in [4.69, 9.17) is 15.2 Å². The van der Waals surface area contributed by atoms with E-state index in [2.05, 4.69) is 16.0 Å². The molecule has 5 atom stereocenters. The monoisotopic (exact) mass is 740 g/mol. The number of hydrogen-bond donors (Lipinski definition) is 4. The number of benzene rings is 1. The van der Waals surface area contributed by atoms with Gasteiger partial charge in [-0.1, -0.05) is 39.8 Å². The second-order valence-corrected chi connectivity index (χ2v) is 14.7. The van der Waals surface area contributed by atoms with Gasteiger partial charge in [-0.3, -0.25) is 28.9 Å².